The number of hydrogen-bond acceptors (Lipinski definition) is 6. The van der Waals surface area contributed by atoms with Gasteiger partial charge in [0.25, 0.3) is 12.0 Å². The number of aryl methyl sites for hydroxylation is 1. The summed E-state index contributed by atoms with van der Waals surface area (Å²) in [5, 5.41) is 5.23. The maximum absolute atomic E-state index is 12.6. The van der Waals surface area contributed by atoms with E-state index in [1.165, 1.54) is 17.2 Å². The molecule has 0 aliphatic carbocycles. The molecule has 3 aromatic rings. The van der Waals surface area contributed by atoms with Crippen LogP contribution < -0.4 is 10.5 Å². The van der Waals surface area contributed by atoms with E-state index in [9.17, 15) is 13.6 Å². The molecule has 1 aliphatic heterocycles. The van der Waals surface area contributed by atoms with Crippen molar-refractivity contribution in [3.05, 3.63) is 41.0 Å². The summed E-state index contributed by atoms with van der Waals surface area (Å²) in [5.74, 6) is 1.15. The first kappa shape index (κ1) is 17.5. The highest BCUT2D eigenvalue weighted by Gasteiger charge is 2.23. The maximum Gasteiger partial charge on any atom is 0.280 e. The molecule has 1 aliphatic rings. The monoisotopic (exact) mass is 375 g/mol. The minimum atomic E-state index is -2.73. The Bertz CT molecular complexity index is 1010. The molecule has 1 fully saturated rings. The normalized spacial score (nSPS) is 15.8. The number of aromatic nitrogens is 6. The van der Waals surface area contributed by atoms with Crippen molar-refractivity contribution in [3.8, 4) is 0 Å². The lowest BCUT2D eigenvalue weighted by atomic mass is 9.96. The zero-order valence-electron chi connectivity index (χ0n) is 14.8. The number of fused-ring (bicyclic) bond motifs is 1. The molecule has 3 aromatic heterocycles. The van der Waals surface area contributed by atoms with E-state index in [1.807, 2.05) is 13.2 Å². The van der Waals surface area contributed by atoms with Crippen molar-refractivity contribution in [1.82, 2.24) is 29.3 Å². The van der Waals surface area contributed by atoms with Gasteiger partial charge in [-0.15, -0.1) is 0 Å². The minimum Gasteiger partial charge on any atom is -0.356 e. The maximum atomic E-state index is 12.6. The average molecular weight is 375 g/mol. The second-order valence-electron chi connectivity index (χ2n) is 6.77. The van der Waals surface area contributed by atoms with Gasteiger partial charge in [-0.3, -0.25) is 14.0 Å². The number of piperidine rings is 1. The van der Waals surface area contributed by atoms with E-state index >= 15 is 0 Å². The summed E-state index contributed by atoms with van der Waals surface area (Å²) in [7, 11) is 1.85. The molecule has 0 amide bonds. The van der Waals surface area contributed by atoms with Crippen LogP contribution >= 0.6 is 0 Å². The molecule has 0 N–H and O–H groups in total. The number of anilines is 1. The van der Waals surface area contributed by atoms with Crippen LogP contribution in [0.4, 0.5) is 14.6 Å². The van der Waals surface area contributed by atoms with Crippen molar-refractivity contribution in [2.24, 2.45) is 13.0 Å². The van der Waals surface area contributed by atoms with Crippen molar-refractivity contribution in [1.29, 1.82) is 0 Å². The van der Waals surface area contributed by atoms with Crippen molar-refractivity contribution < 1.29 is 8.78 Å². The van der Waals surface area contributed by atoms with Crippen LogP contribution in [0.3, 0.4) is 0 Å². The molecule has 8 nitrogen and oxygen atoms in total. The number of rotatable bonds is 4. The Hall–Kier alpha value is -2.91. The van der Waals surface area contributed by atoms with Gasteiger partial charge >= 0.3 is 0 Å². The van der Waals surface area contributed by atoms with Gasteiger partial charge in [0.2, 0.25) is 0 Å². The Kier molecular flexibility index (Phi) is 4.54. The smallest absolute Gasteiger partial charge is 0.280 e. The van der Waals surface area contributed by atoms with Crippen LogP contribution in [-0.2, 0) is 13.6 Å². The van der Waals surface area contributed by atoms with Crippen LogP contribution in [0.5, 0.6) is 0 Å². The molecule has 4 rings (SSSR count). The van der Waals surface area contributed by atoms with E-state index < -0.39 is 17.7 Å². The highest BCUT2D eigenvalue weighted by atomic mass is 19.3. The van der Waals surface area contributed by atoms with Gasteiger partial charge in [0.05, 0.1) is 11.7 Å². The molecule has 0 spiro atoms. The lowest BCUT2D eigenvalue weighted by Crippen LogP contribution is -2.37. The van der Waals surface area contributed by atoms with Gasteiger partial charge in [-0.05, 0) is 18.8 Å². The molecule has 0 bridgehead atoms. The van der Waals surface area contributed by atoms with E-state index in [-0.39, 0.29) is 5.92 Å². The average Bonchev–Trinajstić information content (AvgIpc) is 3.04. The minimum absolute atomic E-state index is 0.282. The fraction of sp³-hybridized carbons (Fsp3) is 0.471. The van der Waals surface area contributed by atoms with Gasteiger partial charge in [0, 0.05) is 38.9 Å². The van der Waals surface area contributed by atoms with Crippen LogP contribution in [0.1, 0.15) is 25.0 Å². The van der Waals surface area contributed by atoms with Crippen LogP contribution in [0.25, 0.3) is 11.0 Å². The molecule has 0 aromatic carbocycles. The first-order chi connectivity index (χ1) is 13.0. The first-order valence-electron chi connectivity index (χ1n) is 8.75. The highest BCUT2D eigenvalue weighted by Crippen LogP contribution is 2.27. The van der Waals surface area contributed by atoms with E-state index in [4.69, 9.17) is 0 Å². The zero-order chi connectivity index (χ0) is 19.0. The Balaban J connectivity index is 1.44. The molecule has 0 atom stereocenters. The van der Waals surface area contributed by atoms with Gasteiger partial charge in [-0.1, -0.05) is 0 Å². The molecular weight excluding hydrogens is 356 g/mol. The summed E-state index contributed by atoms with van der Waals surface area (Å²) in [6.07, 6.45) is 3.66. The second-order valence-corrected chi connectivity index (χ2v) is 6.77. The van der Waals surface area contributed by atoms with Crippen molar-refractivity contribution in [3.63, 3.8) is 0 Å². The fourth-order valence-corrected chi connectivity index (χ4v) is 3.49. The summed E-state index contributed by atoms with van der Waals surface area (Å²) in [4.78, 5) is 26.5. The number of nitrogens with zero attached hydrogens (tertiary/aromatic N) is 7. The third-order valence-electron chi connectivity index (χ3n) is 4.90. The summed E-state index contributed by atoms with van der Waals surface area (Å²) in [6.45, 7) is 2.07. The molecule has 1 saturated heterocycles. The molecule has 27 heavy (non-hydrogen) atoms. The van der Waals surface area contributed by atoms with Crippen LogP contribution in [0.2, 0.25) is 0 Å². The van der Waals surface area contributed by atoms with Crippen LogP contribution in [0, 0.1) is 5.92 Å². The van der Waals surface area contributed by atoms with Gasteiger partial charge in [-0.25, -0.2) is 23.7 Å². The van der Waals surface area contributed by atoms with Gasteiger partial charge < -0.3 is 4.90 Å². The molecular formula is C17H19F2N7O. The predicted octanol–water partition coefficient (Wildman–Crippen LogP) is 1.77. The highest BCUT2D eigenvalue weighted by molar-refractivity contribution is 5.86. The third-order valence-corrected chi connectivity index (χ3v) is 4.90. The zero-order valence-corrected chi connectivity index (χ0v) is 14.8. The van der Waals surface area contributed by atoms with Gasteiger partial charge in [0.15, 0.2) is 5.65 Å². The number of halogens is 2. The lowest BCUT2D eigenvalue weighted by Gasteiger charge is -2.33. The fourth-order valence-electron chi connectivity index (χ4n) is 3.49. The Morgan fingerprint density at radius 3 is 2.70 bits per heavy atom. The van der Waals surface area contributed by atoms with E-state index in [2.05, 4.69) is 25.0 Å². The Labute approximate surface area is 153 Å². The number of alkyl halides is 2. The topological polar surface area (TPSA) is 81.7 Å². The van der Waals surface area contributed by atoms with E-state index in [0.29, 0.717) is 12.2 Å². The third kappa shape index (κ3) is 3.51. The summed E-state index contributed by atoms with van der Waals surface area (Å²) >= 11 is 0. The van der Waals surface area contributed by atoms with E-state index in [0.717, 1.165) is 43.2 Å². The molecule has 4 heterocycles. The molecule has 0 unspecified atom stereocenters. The standard InChI is InChI=1S/C17H19F2N7O/c1-24-8-12-16(23-24)20-9-21-17(12)25-4-2-11(3-5-25)7-26-10-22-13(15(18)19)6-14(26)27/h6,8-11,15H,2-5,7H2,1H3. The molecule has 10 heteroatoms. The second kappa shape index (κ2) is 7.01. The Morgan fingerprint density at radius 2 is 2.00 bits per heavy atom. The molecule has 0 radical (unpaired) electrons. The van der Waals surface area contributed by atoms with Crippen molar-refractivity contribution >= 4 is 16.9 Å². The summed E-state index contributed by atoms with van der Waals surface area (Å²) in [5.41, 5.74) is -0.243. The molecule has 142 valence electrons. The summed E-state index contributed by atoms with van der Waals surface area (Å²) in [6, 6.07) is 0.916. The quantitative estimate of drug-likeness (QED) is 0.691. The summed E-state index contributed by atoms with van der Waals surface area (Å²) < 4.78 is 28.4. The van der Waals surface area contributed by atoms with Crippen molar-refractivity contribution in [2.75, 3.05) is 18.0 Å². The number of hydrogen-bond donors (Lipinski definition) is 0. The van der Waals surface area contributed by atoms with E-state index in [1.54, 1.807) is 4.68 Å². The van der Waals surface area contributed by atoms with Crippen LogP contribution in [-0.4, -0.2) is 42.4 Å². The lowest BCUT2D eigenvalue weighted by molar-refractivity contribution is 0.145. The van der Waals surface area contributed by atoms with Gasteiger partial charge in [0.1, 0.15) is 17.8 Å². The Morgan fingerprint density at radius 1 is 1.22 bits per heavy atom. The SMILES string of the molecule is Cn1cc2c(N3CCC(Cn4cnc(C(F)F)cc4=O)CC3)ncnc2n1. The van der Waals surface area contributed by atoms with Crippen LogP contribution in [0.15, 0.2) is 29.7 Å². The van der Waals surface area contributed by atoms with Gasteiger partial charge in [-0.2, -0.15) is 5.10 Å². The molecule has 0 saturated carbocycles. The largest absolute Gasteiger partial charge is 0.356 e. The predicted molar refractivity (Wildman–Crippen MR) is 94.7 cm³/mol. The van der Waals surface area contributed by atoms with Crippen molar-refractivity contribution in [2.45, 2.75) is 25.8 Å². The first-order valence-corrected chi connectivity index (χ1v) is 8.75.